The van der Waals surface area contributed by atoms with Gasteiger partial charge in [-0.3, -0.25) is 14.9 Å². The molecule has 0 saturated heterocycles. The molecule has 0 bridgehead atoms. The molecule has 1 amide bonds. The van der Waals surface area contributed by atoms with Crippen LogP contribution in [0.1, 0.15) is 6.92 Å². The van der Waals surface area contributed by atoms with Crippen LogP contribution in [0.25, 0.3) is 10.9 Å². The largest absolute Gasteiger partial charge is 0.383 e. The van der Waals surface area contributed by atoms with E-state index in [0.29, 0.717) is 6.61 Å². The predicted molar refractivity (Wildman–Crippen MR) is 78.1 cm³/mol. The molecule has 1 N–H and O–H groups in total. The maximum Gasteiger partial charge on any atom is 0.270 e. The Morgan fingerprint density at radius 1 is 1.48 bits per heavy atom. The van der Waals surface area contributed by atoms with Crippen LogP contribution in [-0.2, 0) is 16.1 Å². The van der Waals surface area contributed by atoms with Gasteiger partial charge in [0.2, 0.25) is 5.91 Å². The average molecular weight is 291 g/mol. The number of nitro benzene ring substituents is 1. The summed E-state index contributed by atoms with van der Waals surface area (Å²) in [5.74, 6) is -0.129. The van der Waals surface area contributed by atoms with Crippen molar-refractivity contribution >= 4 is 22.5 Å². The lowest BCUT2D eigenvalue weighted by Crippen LogP contribution is -2.37. The van der Waals surface area contributed by atoms with Crippen molar-refractivity contribution < 1.29 is 14.5 Å². The fraction of sp³-hybridized carbons (Fsp3) is 0.357. The van der Waals surface area contributed by atoms with E-state index >= 15 is 0 Å². The van der Waals surface area contributed by atoms with Crippen molar-refractivity contribution in [2.24, 2.45) is 0 Å². The number of carbonyl (C=O) groups excluding carboxylic acids is 1. The zero-order valence-electron chi connectivity index (χ0n) is 11.9. The molecule has 112 valence electrons. The summed E-state index contributed by atoms with van der Waals surface area (Å²) in [7, 11) is 1.58. The topological polar surface area (TPSA) is 86.4 Å². The van der Waals surface area contributed by atoms with E-state index in [1.54, 1.807) is 30.0 Å². The van der Waals surface area contributed by atoms with Crippen molar-refractivity contribution in [1.82, 2.24) is 9.88 Å². The van der Waals surface area contributed by atoms with E-state index in [1.807, 2.05) is 6.92 Å². The summed E-state index contributed by atoms with van der Waals surface area (Å²) < 4.78 is 6.72. The zero-order chi connectivity index (χ0) is 15.4. The van der Waals surface area contributed by atoms with E-state index in [2.05, 4.69) is 5.32 Å². The average Bonchev–Trinajstić information content (AvgIpc) is 2.81. The maximum absolute atomic E-state index is 11.9. The summed E-state index contributed by atoms with van der Waals surface area (Å²) in [6.07, 6.45) is 1.74. The van der Waals surface area contributed by atoms with Gasteiger partial charge in [-0.2, -0.15) is 0 Å². The van der Waals surface area contributed by atoms with E-state index in [-0.39, 0.29) is 24.2 Å². The van der Waals surface area contributed by atoms with Gasteiger partial charge in [0, 0.05) is 42.4 Å². The predicted octanol–water partition coefficient (Wildman–Crippen LogP) is 1.70. The van der Waals surface area contributed by atoms with E-state index < -0.39 is 4.92 Å². The van der Waals surface area contributed by atoms with E-state index in [4.69, 9.17) is 4.74 Å². The molecule has 1 aromatic heterocycles. The number of amides is 1. The van der Waals surface area contributed by atoms with Crippen LogP contribution in [0.2, 0.25) is 0 Å². The van der Waals surface area contributed by atoms with Crippen LogP contribution in [-0.4, -0.2) is 35.2 Å². The SMILES string of the molecule is COCC(C)NC(=O)Cn1ccc2cc([N+](=O)[O-])ccc21. The molecular formula is C14H17N3O4. The maximum atomic E-state index is 11.9. The van der Waals surface area contributed by atoms with E-state index in [9.17, 15) is 14.9 Å². The number of hydrogen-bond donors (Lipinski definition) is 1. The number of nitrogens with one attached hydrogen (secondary N) is 1. The van der Waals surface area contributed by atoms with Crippen LogP contribution in [0.5, 0.6) is 0 Å². The highest BCUT2D eigenvalue weighted by Gasteiger charge is 2.12. The molecular weight excluding hydrogens is 274 g/mol. The first-order valence-corrected chi connectivity index (χ1v) is 6.53. The minimum atomic E-state index is -0.435. The van der Waals surface area contributed by atoms with Crippen LogP contribution in [0.15, 0.2) is 30.5 Å². The number of fused-ring (bicyclic) bond motifs is 1. The molecule has 2 aromatic rings. The highest BCUT2D eigenvalue weighted by atomic mass is 16.6. The van der Waals surface area contributed by atoms with Crippen LogP contribution in [0.4, 0.5) is 5.69 Å². The van der Waals surface area contributed by atoms with Gasteiger partial charge in [-0.1, -0.05) is 0 Å². The van der Waals surface area contributed by atoms with E-state index in [1.165, 1.54) is 12.1 Å². The molecule has 0 aliphatic rings. The van der Waals surface area contributed by atoms with Gasteiger partial charge in [-0.25, -0.2) is 0 Å². The zero-order valence-corrected chi connectivity index (χ0v) is 11.9. The van der Waals surface area contributed by atoms with Gasteiger partial charge in [0.15, 0.2) is 0 Å². The van der Waals surface area contributed by atoms with Gasteiger partial charge >= 0.3 is 0 Å². The van der Waals surface area contributed by atoms with Gasteiger partial charge in [0.1, 0.15) is 6.54 Å². The molecule has 0 fully saturated rings. The van der Waals surface area contributed by atoms with Crippen molar-refractivity contribution in [2.45, 2.75) is 19.5 Å². The lowest BCUT2D eigenvalue weighted by atomic mass is 10.2. The number of nitrogens with zero attached hydrogens (tertiary/aromatic N) is 2. The Balaban J connectivity index is 2.12. The fourth-order valence-electron chi connectivity index (χ4n) is 2.21. The third kappa shape index (κ3) is 3.57. The molecule has 1 heterocycles. The lowest BCUT2D eigenvalue weighted by Gasteiger charge is -2.13. The number of methoxy groups -OCH3 is 1. The quantitative estimate of drug-likeness (QED) is 0.648. The Morgan fingerprint density at radius 2 is 2.24 bits per heavy atom. The van der Waals surface area contributed by atoms with Crippen LogP contribution in [0, 0.1) is 10.1 Å². The minimum Gasteiger partial charge on any atom is -0.383 e. The summed E-state index contributed by atoms with van der Waals surface area (Å²) >= 11 is 0. The number of benzene rings is 1. The first kappa shape index (κ1) is 15.0. The highest BCUT2D eigenvalue weighted by molar-refractivity contribution is 5.85. The monoisotopic (exact) mass is 291 g/mol. The Morgan fingerprint density at radius 3 is 2.90 bits per heavy atom. The summed E-state index contributed by atoms with van der Waals surface area (Å²) in [4.78, 5) is 22.2. The first-order chi connectivity index (χ1) is 10.0. The molecule has 1 aromatic carbocycles. The Bertz CT molecular complexity index is 665. The second-order valence-corrected chi connectivity index (χ2v) is 4.87. The second kappa shape index (κ2) is 6.36. The molecule has 0 aliphatic carbocycles. The number of rotatable bonds is 6. The molecule has 7 nitrogen and oxygen atoms in total. The third-order valence-electron chi connectivity index (χ3n) is 3.10. The van der Waals surface area contributed by atoms with Crippen LogP contribution >= 0.6 is 0 Å². The standard InChI is InChI=1S/C14H17N3O4/c1-10(9-21-2)15-14(18)8-16-6-5-11-7-12(17(19)20)3-4-13(11)16/h3-7,10H,8-9H2,1-2H3,(H,15,18). The van der Waals surface area contributed by atoms with Crippen molar-refractivity contribution in [3.05, 3.63) is 40.6 Å². The number of non-ortho nitro benzene ring substituents is 1. The summed E-state index contributed by atoms with van der Waals surface area (Å²) in [6, 6.07) is 6.28. The molecule has 21 heavy (non-hydrogen) atoms. The summed E-state index contributed by atoms with van der Waals surface area (Å²) in [5.41, 5.74) is 0.827. The Hall–Kier alpha value is -2.41. The summed E-state index contributed by atoms with van der Waals surface area (Å²) in [6.45, 7) is 2.47. The third-order valence-corrected chi connectivity index (χ3v) is 3.10. The van der Waals surface area contributed by atoms with E-state index in [0.717, 1.165) is 10.9 Å². The van der Waals surface area contributed by atoms with Gasteiger partial charge in [0.05, 0.1) is 11.5 Å². The summed E-state index contributed by atoms with van der Waals surface area (Å²) in [5, 5.41) is 14.3. The van der Waals surface area contributed by atoms with Gasteiger partial charge in [-0.15, -0.1) is 0 Å². The molecule has 2 rings (SSSR count). The Labute approximate surface area is 121 Å². The molecule has 0 radical (unpaired) electrons. The number of nitro groups is 1. The molecule has 1 atom stereocenters. The van der Waals surface area contributed by atoms with Gasteiger partial charge in [0.25, 0.3) is 5.69 Å². The molecule has 7 heteroatoms. The number of ether oxygens (including phenoxy) is 1. The van der Waals surface area contributed by atoms with Gasteiger partial charge in [-0.05, 0) is 19.1 Å². The Kier molecular flexibility index (Phi) is 4.54. The fourth-order valence-corrected chi connectivity index (χ4v) is 2.21. The van der Waals surface area contributed by atoms with Crippen LogP contribution < -0.4 is 5.32 Å². The number of hydrogen-bond acceptors (Lipinski definition) is 4. The van der Waals surface area contributed by atoms with Crippen molar-refractivity contribution in [3.8, 4) is 0 Å². The first-order valence-electron chi connectivity index (χ1n) is 6.53. The van der Waals surface area contributed by atoms with Crippen molar-refractivity contribution in [1.29, 1.82) is 0 Å². The van der Waals surface area contributed by atoms with Gasteiger partial charge < -0.3 is 14.6 Å². The molecule has 0 aliphatic heterocycles. The number of aromatic nitrogens is 1. The molecule has 1 unspecified atom stereocenters. The number of carbonyl (C=O) groups is 1. The van der Waals surface area contributed by atoms with Crippen molar-refractivity contribution in [2.75, 3.05) is 13.7 Å². The van der Waals surface area contributed by atoms with Crippen LogP contribution in [0.3, 0.4) is 0 Å². The minimum absolute atomic E-state index is 0.0402. The smallest absolute Gasteiger partial charge is 0.270 e. The highest BCUT2D eigenvalue weighted by Crippen LogP contribution is 2.21. The normalized spacial score (nSPS) is 12.3. The second-order valence-electron chi connectivity index (χ2n) is 4.87. The molecule has 0 saturated carbocycles. The van der Waals surface area contributed by atoms with Crippen molar-refractivity contribution in [3.63, 3.8) is 0 Å². The molecule has 0 spiro atoms. The lowest BCUT2D eigenvalue weighted by molar-refractivity contribution is -0.384.